The van der Waals surface area contributed by atoms with E-state index in [0.29, 0.717) is 5.82 Å². The smallest absolute Gasteiger partial charge is 0.254 e. The highest BCUT2D eigenvalue weighted by molar-refractivity contribution is 6.02. The van der Waals surface area contributed by atoms with Crippen LogP contribution in [0.2, 0.25) is 0 Å². The van der Waals surface area contributed by atoms with Crippen molar-refractivity contribution in [3.05, 3.63) is 11.8 Å². The van der Waals surface area contributed by atoms with E-state index in [1.54, 1.807) is 14.1 Å². The zero-order chi connectivity index (χ0) is 11.4. The molecule has 0 radical (unpaired) electrons. The SMILES string of the molecule is CNCC(=O)Nc1c(C(N)=O)cnn1C. The number of rotatable bonds is 4. The Bertz CT molecular complexity index is 384. The topological polar surface area (TPSA) is 102 Å². The molecule has 0 aliphatic heterocycles. The fourth-order valence-electron chi connectivity index (χ4n) is 1.10. The standard InChI is InChI=1S/C8H13N5O2/c1-10-4-6(14)12-8-5(7(9)15)3-11-13(8)2/h3,10H,4H2,1-2H3,(H2,9,15)(H,12,14). The van der Waals surface area contributed by atoms with Crippen LogP contribution in [-0.2, 0) is 11.8 Å². The van der Waals surface area contributed by atoms with Crippen LogP contribution < -0.4 is 16.4 Å². The number of anilines is 1. The Balaban J connectivity index is 2.88. The highest BCUT2D eigenvalue weighted by atomic mass is 16.2. The molecule has 0 atom stereocenters. The van der Waals surface area contributed by atoms with Gasteiger partial charge in [-0.1, -0.05) is 0 Å². The summed E-state index contributed by atoms with van der Waals surface area (Å²) in [7, 11) is 3.26. The van der Waals surface area contributed by atoms with Gasteiger partial charge < -0.3 is 16.4 Å². The first-order chi connectivity index (χ1) is 7.06. The van der Waals surface area contributed by atoms with Crippen molar-refractivity contribution in [2.75, 3.05) is 18.9 Å². The molecule has 0 aliphatic rings. The number of carbonyl (C=O) groups excluding carboxylic acids is 2. The average Bonchev–Trinajstić information content (AvgIpc) is 2.48. The Hall–Kier alpha value is -1.89. The van der Waals surface area contributed by atoms with Crippen molar-refractivity contribution in [2.24, 2.45) is 12.8 Å². The average molecular weight is 211 g/mol. The molecule has 1 heterocycles. The monoisotopic (exact) mass is 211 g/mol. The number of hydrogen-bond donors (Lipinski definition) is 3. The molecule has 2 amide bonds. The molecular weight excluding hydrogens is 198 g/mol. The van der Waals surface area contributed by atoms with Crippen LogP contribution in [-0.4, -0.2) is 35.2 Å². The van der Waals surface area contributed by atoms with Crippen molar-refractivity contribution in [2.45, 2.75) is 0 Å². The number of nitrogens with zero attached hydrogens (tertiary/aromatic N) is 2. The summed E-state index contributed by atoms with van der Waals surface area (Å²) in [4.78, 5) is 22.2. The van der Waals surface area contributed by atoms with Crippen LogP contribution in [0.25, 0.3) is 0 Å². The van der Waals surface area contributed by atoms with E-state index in [1.807, 2.05) is 0 Å². The van der Waals surface area contributed by atoms with Crippen LogP contribution in [0.5, 0.6) is 0 Å². The summed E-state index contributed by atoms with van der Waals surface area (Å²) in [6.45, 7) is 0.156. The fraction of sp³-hybridized carbons (Fsp3) is 0.375. The highest BCUT2D eigenvalue weighted by Gasteiger charge is 2.15. The Labute approximate surface area is 86.6 Å². The minimum absolute atomic E-state index is 0.156. The Morgan fingerprint density at radius 1 is 1.60 bits per heavy atom. The van der Waals surface area contributed by atoms with Gasteiger partial charge >= 0.3 is 0 Å². The number of likely N-dealkylation sites (N-methyl/N-ethyl adjacent to an activating group) is 1. The van der Waals surface area contributed by atoms with E-state index in [9.17, 15) is 9.59 Å². The molecule has 82 valence electrons. The lowest BCUT2D eigenvalue weighted by Gasteiger charge is -2.06. The number of hydrogen-bond acceptors (Lipinski definition) is 4. The van der Waals surface area contributed by atoms with Gasteiger partial charge in [-0.3, -0.25) is 14.3 Å². The highest BCUT2D eigenvalue weighted by Crippen LogP contribution is 2.12. The van der Waals surface area contributed by atoms with Gasteiger partial charge in [0.2, 0.25) is 5.91 Å². The first-order valence-corrected chi connectivity index (χ1v) is 4.32. The summed E-state index contributed by atoms with van der Waals surface area (Å²) in [5.41, 5.74) is 5.31. The molecular formula is C8H13N5O2. The fourth-order valence-corrected chi connectivity index (χ4v) is 1.10. The number of carbonyl (C=O) groups is 2. The summed E-state index contributed by atoms with van der Waals surface area (Å²) in [5.74, 6) is -0.575. The maximum absolute atomic E-state index is 11.3. The van der Waals surface area contributed by atoms with Gasteiger partial charge in [0.25, 0.3) is 5.91 Å². The molecule has 0 spiro atoms. The van der Waals surface area contributed by atoms with Gasteiger partial charge in [-0.05, 0) is 7.05 Å². The van der Waals surface area contributed by atoms with E-state index < -0.39 is 5.91 Å². The molecule has 0 bridgehead atoms. The summed E-state index contributed by atoms with van der Waals surface area (Å²) < 4.78 is 1.38. The molecule has 7 nitrogen and oxygen atoms in total. The van der Waals surface area contributed by atoms with Gasteiger partial charge in [0.1, 0.15) is 11.4 Å². The molecule has 7 heteroatoms. The van der Waals surface area contributed by atoms with Crippen molar-refractivity contribution >= 4 is 17.6 Å². The third kappa shape index (κ3) is 2.53. The van der Waals surface area contributed by atoms with E-state index >= 15 is 0 Å². The number of primary amides is 1. The number of nitrogens with two attached hydrogens (primary N) is 1. The number of aromatic nitrogens is 2. The van der Waals surface area contributed by atoms with Crippen molar-refractivity contribution in [3.8, 4) is 0 Å². The van der Waals surface area contributed by atoms with E-state index in [0.717, 1.165) is 0 Å². The molecule has 0 aliphatic carbocycles. The lowest BCUT2D eigenvalue weighted by Crippen LogP contribution is -2.27. The summed E-state index contributed by atoms with van der Waals surface area (Å²) in [6.07, 6.45) is 1.32. The second-order valence-corrected chi connectivity index (χ2v) is 2.97. The lowest BCUT2D eigenvalue weighted by atomic mass is 10.3. The molecule has 15 heavy (non-hydrogen) atoms. The number of nitrogens with one attached hydrogen (secondary N) is 2. The second kappa shape index (κ2) is 4.56. The maximum atomic E-state index is 11.3. The molecule has 0 saturated carbocycles. The Morgan fingerprint density at radius 3 is 2.80 bits per heavy atom. The van der Waals surface area contributed by atoms with Gasteiger partial charge in [-0.15, -0.1) is 0 Å². The van der Waals surface area contributed by atoms with Crippen LogP contribution in [0.1, 0.15) is 10.4 Å². The quantitative estimate of drug-likeness (QED) is 0.574. The van der Waals surface area contributed by atoms with Gasteiger partial charge in [-0.25, -0.2) is 0 Å². The minimum atomic E-state index is -0.622. The molecule has 1 aromatic heterocycles. The predicted octanol–water partition coefficient (Wildman–Crippen LogP) is -1.32. The predicted molar refractivity (Wildman–Crippen MR) is 54.3 cm³/mol. The Morgan fingerprint density at radius 2 is 2.27 bits per heavy atom. The molecule has 0 aromatic carbocycles. The molecule has 1 aromatic rings. The van der Waals surface area contributed by atoms with Crippen molar-refractivity contribution < 1.29 is 9.59 Å². The third-order valence-electron chi connectivity index (χ3n) is 1.80. The van der Waals surface area contributed by atoms with E-state index in [4.69, 9.17) is 5.73 Å². The van der Waals surface area contributed by atoms with Gasteiger partial charge in [0.15, 0.2) is 0 Å². The van der Waals surface area contributed by atoms with Crippen molar-refractivity contribution in [1.82, 2.24) is 15.1 Å². The molecule has 0 fully saturated rings. The van der Waals surface area contributed by atoms with Gasteiger partial charge in [0.05, 0.1) is 12.7 Å². The van der Waals surface area contributed by atoms with E-state index in [1.165, 1.54) is 10.9 Å². The molecule has 1 rings (SSSR count). The number of aryl methyl sites for hydroxylation is 1. The van der Waals surface area contributed by atoms with Crippen molar-refractivity contribution in [1.29, 1.82) is 0 Å². The summed E-state index contributed by atoms with van der Waals surface area (Å²) >= 11 is 0. The van der Waals surface area contributed by atoms with Crippen LogP contribution in [0.4, 0.5) is 5.82 Å². The summed E-state index contributed by atoms with van der Waals surface area (Å²) in [5, 5.41) is 9.06. The minimum Gasteiger partial charge on any atom is -0.365 e. The van der Waals surface area contributed by atoms with Gasteiger partial charge in [0, 0.05) is 7.05 Å². The van der Waals surface area contributed by atoms with Crippen LogP contribution in [0, 0.1) is 0 Å². The van der Waals surface area contributed by atoms with Crippen LogP contribution >= 0.6 is 0 Å². The van der Waals surface area contributed by atoms with Crippen molar-refractivity contribution in [3.63, 3.8) is 0 Å². The first kappa shape index (κ1) is 11.2. The van der Waals surface area contributed by atoms with E-state index in [2.05, 4.69) is 15.7 Å². The third-order valence-corrected chi connectivity index (χ3v) is 1.80. The largest absolute Gasteiger partial charge is 0.365 e. The lowest BCUT2D eigenvalue weighted by molar-refractivity contribution is -0.115. The maximum Gasteiger partial charge on any atom is 0.254 e. The zero-order valence-electron chi connectivity index (χ0n) is 8.57. The molecule has 0 unspecified atom stereocenters. The Kier molecular flexibility index (Phi) is 3.40. The molecule has 0 saturated heterocycles. The second-order valence-electron chi connectivity index (χ2n) is 2.97. The first-order valence-electron chi connectivity index (χ1n) is 4.32. The van der Waals surface area contributed by atoms with Crippen LogP contribution in [0.15, 0.2) is 6.20 Å². The number of amides is 2. The normalized spacial score (nSPS) is 10.0. The van der Waals surface area contributed by atoms with E-state index in [-0.39, 0.29) is 18.0 Å². The van der Waals surface area contributed by atoms with Gasteiger partial charge in [-0.2, -0.15) is 5.10 Å². The molecule has 4 N–H and O–H groups in total. The van der Waals surface area contributed by atoms with Crippen LogP contribution in [0.3, 0.4) is 0 Å². The summed E-state index contributed by atoms with van der Waals surface area (Å²) in [6, 6.07) is 0. The zero-order valence-corrected chi connectivity index (χ0v) is 8.57.